The van der Waals surface area contributed by atoms with Crippen molar-refractivity contribution >= 4 is 5.97 Å². The van der Waals surface area contributed by atoms with Crippen LogP contribution in [0.1, 0.15) is 44.0 Å². The summed E-state index contributed by atoms with van der Waals surface area (Å²) in [5, 5.41) is 0. The molecule has 0 unspecified atom stereocenters. The van der Waals surface area contributed by atoms with Gasteiger partial charge in [-0.25, -0.2) is 0 Å². The van der Waals surface area contributed by atoms with E-state index in [0.29, 0.717) is 0 Å². The highest BCUT2D eigenvalue weighted by molar-refractivity contribution is 5.66. The summed E-state index contributed by atoms with van der Waals surface area (Å²) in [4.78, 5) is 19.5. The number of aromatic nitrogens is 2. The number of carbonyl (C=O) groups is 1. The van der Waals surface area contributed by atoms with Gasteiger partial charge in [-0.3, -0.25) is 14.8 Å². The summed E-state index contributed by atoms with van der Waals surface area (Å²) in [5.41, 5.74) is 2.52. The molecule has 0 aliphatic heterocycles. The number of aryl methyl sites for hydroxylation is 2. The van der Waals surface area contributed by atoms with Crippen LogP contribution in [0.25, 0.3) is 0 Å². The number of nitrogens with zero attached hydrogens (tertiary/aromatic N) is 2. The molecule has 1 rings (SSSR count). The lowest BCUT2D eigenvalue weighted by atomic mass is 10.1. The van der Waals surface area contributed by atoms with E-state index in [1.165, 1.54) is 6.92 Å². The van der Waals surface area contributed by atoms with Crippen molar-refractivity contribution in [3.63, 3.8) is 0 Å². The van der Waals surface area contributed by atoms with Crippen LogP contribution in [0.3, 0.4) is 0 Å². The molecule has 15 heavy (non-hydrogen) atoms. The van der Waals surface area contributed by atoms with E-state index in [0.717, 1.165) is 23.5 Å². The summed E-state index contributed by atoms with van der Waals surface area (Å²) < 4.78 is 5.08. The minimum Gasteiger partial charge on any atom is -0.456 e. The van der Waals surface area contributed by atoms with E-state index in [9.17, 15) is 4.79 Å². The van der Waals surface area contributed by atoms with Crippen LogP contribution in [0, 0.1) is 6.92 Å². The average Bonchev–Trinajstić information content (AvgIpc) is 2.16. The van der Waals surface area contributed by atoms with Crippen LogP contribution >= 0.6 is 0 Å². The third-order valence-electron chi connectivity index (χ3n) is 2.06. The van der Waals surface area contributed by atoms with Crippen molar-refractivity contribution in [3.8, 4) is 0 Å². The molecule has 0 spiro atoms. The normalized spacial score (nSPS) is 12.3. The van der Waals surface area contributed by atoms with E-state index in [2.05, 4.69) is 9.97 Å². The fraction of sp³-hybridized carbons (Fsp3) is 0.545. The van der Waals surface area contributed by atoms with Gasteiger partial charge >= 0.3 is 5.97 Å². The van der Waals surface area contributed by atoms with Gasteiger partial charge in [0, 0.05) is 13.1 Å². The van der Waals surface area contributed by atoms with Crippen molar-refractivity contribution in [2.24, 2.45) is 0 Å². The lowest BCUT2D eigenvalue weighted by Crippen LogP contribution is -2.11. The molecule has 1 aromatic heterocycles. The first kappa shape index (κ1) is 11.6. The van der Waals surface area contributed by atoms with E-state index in [-0.39, 0.29) is 12.1 Å². The third kappa shape index (κ3) is 3.01. The predicted octanol–water partition coefficient (Wildman–Crippen LogP) is 1.97. The number of esters is 1. The van der Waals surface area contributed by atoms with Gasteiger partial charge in [0.25, 0.3) is 0 Å². The topological polar surface area (TPSA) is 52.1 Å². The Hall–Kier alpha value is -1.45. The lowest BCUT2D eigenvalue weighted by Gasteiger charge is -2.14. The van der Waals surface area contributed by atoms with Crippen LogP contribution < -0.4 is 0 Å². The molecule has 0 saturated carbocycles. The van der Waals surface area contributed by atoms with Crippen LogP contribution in [0.4, 0.5) is 0 Å². The van der Waals surface area contributed by atoms with Gasteiger partial charge < -0.3 is 4.74 Å². The summed E-state index contributed by atoms with van der Waals surface area (Å²) >= 11 is 0. The van der Waals surface area contributed by atoms with Crippen LogP contribution in [-0.4, -0.2) is 15.9 Å². The molecule has 0 fully saturated rings. The lowest BCUT2D eigenvalue weighted by molar-refractivity contribution is -0.146. The third-order valence-corrected chi connectivity index (χ3v) is 2.06. The molecular formula is C11H16N2O2. The van der Waals surface area contributed by atoms with Crippen molar-refractivity contribution in [2.45, 2.75) is 40.2 Å². The maximum Gasteiger partial charge on any atom is 0.303 e. The van der Waals surface area contributed by atoms with E-state index in [4.69, 9.17) is 4.74 Å². The Morgan fingerprint density at radius 3 is 2.80 bits per heavy atom. The molecule has 0 aliphatic rings. The summed E-state index contributed by atoms with van der Waals surface area (Å²) in [6, 6.07) is 0. The Morgan fingerprint density at radius 2 is 2.27 bits per heavy atom. The number of hydrogen-bond donors (Lipinski definition) is 0. The highest BCUT2D eigenvalue weighted by Crippen LogP contribution is 2.18. The van der Waals surface area contributed by atoms with Gasteiger partial charge in [-0.05, 0) is 20.3 Å². The Balaban J connectivity index is 2.97. The fourth-order valence-corrected chi connectivity index (χ4v) is 1.44. The van der Waals surface area contributed by atoms with E-state index < -0.39 is 0 Å². The smallest absolute Gasteiger partial charge is 0.303 e. The van der Waals surface area contributed by atoms with Crippen LogP contribution in [-0.2, 0) is 16.0 Å². The minimum atomic E-state index is -0.328. The number of ether oxygens (including phenoxy) is 1. The van der Waals surface area contributed by atoms with Gasteiger partial charge in [-0.1, -0.05) is 6.92 Å². The van der Waals surface area contributed by atoms with Crippen molar-refractivity contribution in [1.29, 1.82) is 0 Å². The monoisotopic (exact) mass is 208 g/mol. The molecule has 0 bridgehead atoms. The van der Waals surface area contributed by atoms with Gasteiger partial charge in [0.15, 0.2) is 0 Å². The van der Waals surface area contributed by atoms with Crippen molar-refractivity contribution in [3.05, 3.63) is 23.3 Å². The molecule has 82 valence electrons. The largest absolute Gasteiger partial charge is 0.456 e. The first-order chi connectivity index (χ1) is 7.04. The molecule has 4 nitrogen and oxygen atoms in total. The summed E-state index contributed by atoms with van der Waals surface area (Å²) in [5.74, 6) is -0.299. The second kappa shape index (κ2) is 4.87. The average molecular weight is 208 g/mol. The van der Waals surface area contributed by atoms with Gasteiger partial charge in [-0.15, -0.1) is 0 Å². The SMILES string of the molecule is CCc1nc(C)cnc1[C@H](C)OC(C)=O. The van der Waals surface area contributed by atoms with E-state index in [1.807, 2.05) is 13.8 Å². The van der Waals surface area contributed by atoms with Crippen LogP contribution in [0.15, 0.2) is 6.20 Å². The maximum absolute atomic E-state index is 10.8. The van der Waals surface area contributed by atoms with Crippen LogP contribution in [0.5, 0.6) is 0 Å². The summed E-state index contributed by atoms with van der Waals surface area (Å²) in [7, 11) is 0. The Kier molecular flexibility index (Phi) is 3.77. The molecule has 0 amide bonds. The molecule has 0 N–H and O–H groups in total. The minimum absolute atomic E-state index is 0.299. The summed E-state index contributed by atoms with van der Waals surface area (Å²) in [6.07, 6.45) is 2.15. The highest BCUT2D eigenvalue weighted by atomic mass is 16.5. The molecule has 0 aromatic carbocycles. The standard InChI is InChI=1S/C11H16N2O2/c1-5-10-11(8(3)15-9(4)14)12-6-7(2)13-10/h6,8H,5H2,1-4H3/t8-/m0/s1. The Labute approximate surface area is 89.7 Å². The highest BCUT2D eigenvalue weighted by Gasteiger charge is 2.15. The number of hydrogen-bond acceptors (Lipinski definition) is 4. The van der Waals surface area contributed by atoms with Crippen molar-refractivity contribution < 1.29 is 9.53 Å². The van der Waals surface area contributed by atoms with Gasteiger partial charge in [0.2, 0.25) is 0 Å². The van der Waals surface area contributed by atoms with Gasteiger partial charge in [-0.2, -0.15) is 0 Å². The van der Waals surface area contributed by atoms with Crippen LogP contribution in [0.2, 0.25) is 0 Å². The quantitative estimate of drug-likeness (QED) is 0.712. The molecule has 0 saturated heterocycles. The zero-order valence-electron chi connectivity index (χ0n) is 9.57. The first-order valence-corrected chi connectivity index (χ1v) is 5.04. The molecule has 4 heteroatoms. The Morgan fingerprint density at radius 1 is 1.60 bits per heavy atom. The second-order valence-electron chi connectivity index (χ2n) is 3.45. The zero-order chi connectivity index (χ0) is 11.4. The van der Waals surface area contributed by atoms with Gasteiger partial charge in [0.05, 0.1) is 11.4 Å². The molecule has 0 radical (unpaired) electrons. The molecule has 0 aliphatic carbocycles. The fourth-order valence-electron chi connectivity index (χ4n) is 1.44. The zero-order valence-corrected chi connectivity index (χ0v) is 9.57. The van der Waals surface area contributed by atoms with Crippen molar-refractivity contribution in [1.82, 2.24) is 9.97 Å². The van der Waals surface area contributed by atoms with Gasteiger partial charge in [0.1, 0.15) is 11.8 Å². The Bertz CT molecular complexity index is 364. The first-order valence-electron chi connectivity index (χ1n) is 5.04. The molecule has 1 aromatic rings. The van der Waals surface area contributed by atoms with E-state index >= 15 is 0 Å². The molecule has 1 heterocycles. The second-order valence-corrected chi connectivity index (χ2v) is 3.45. The number of carbonyl (C=O) groups excluding carboxylic acids is 1. The summed E-state index contributed by atoms with van der Waals surface area (Å²) in [6.45, 7) is 7.10. The predicted molar refractivity (Wildman–Crippen MR) is 56.3 cm³/mol. The molecule has 1 atom stereocenters. The van der Waals surface area contributed by atoms with Crippen molar-refractivity contribution in [2.75, 3.05) is 0 Å². The molecular weight excluding hydrogens is 192 g/mol. The maximum atomic E-state index is 10.8. The van der Waals surface area contributed by atoms with E-state index in [1.54, 1.807) is 13.1 Å². The number of rotatable bonds is 3.